The minimum Gasteiger partial charge on any atom is -0.444 e. The van der Waals surface area contributed by atoms with Crippen LogP contribution in [0.2, 0.25) is 0 Å². The number of anilines is 1. The lowest BCUT2D eigenvalue weighted by Crippen LogP contribution is -2.56. The van der Waals surface area contributed by atoms with E-state index in [0.29, 0.717) is 19.3 Å². The highest BCUT2D eigenvalue weighted by atomic mass is 16.6. The van der Waals surface area contributed by atoms with Crippen LogP contribution in [0, 0.1) is 0 Å². The number of rotatable bonds is 2. The summed E-state index contributed by atoms with van der Waals surface area (Å²) < 4.78 is 11.1. The quantitative estimate of drug-likeness (QED) is 0.789. The highest BCUT2D eigenvalue weighted by molar-refractivity contribution is 6.06. The van der Waals surface area contributed by atoms with Crippen LogP contribution in [0.5, 0.6) is 0 Å². The molecule has 31 heavy (non-hydrogen) atoms. The first-order chi connectivity index (χ1) is 15.1. The van der Waals surface area contributed by atoms with E-state index in [1.165, 1.54) is 5.56 Å². The number of carbonyl (C=O) groups is 2. The molecule has 0 aromatic heterocycles. The fourth-order valence-corrected chi connectivity index (χ4v) is 6.69. The van der Waals surface area contributed by atoms with Crippen LogP contribution in [0.3, 0.4) is 0 Å². The maximum Gasteiger partial charge on any atom is 0.410 e. The van der Waals surface area contributed by atoms with Gasteiger partial charge >= 0.3 is 6.09 Å². The van der Waals surface area contributed by atoms with Crippen molar-refractivity contribution < 1.29 is 19.1 Å². The van der Waals surface area contributed by atoms with E-state index in [2.05, 4.69) is 16.3 Å². The van der Waals surface area contributed by atoms with Gasteiger partial charge < -0.3 is 24.6 Å². The zero-order valence-corrected chi connectivity index (χ0v) is 17.9. The van der Waals surface area contributed by atoms with Crippen LogP contribution in [0.4, 0.5) is 10.5 Å². The summed E-state index contributed by atoms with van der Waals surface area (Å²) in [6, 6.07) is 9.21. The summed E-state index contributed by atoms with van der Waals surface area (Å²) >= 11 is 0. The average Bonchev–Trinajstić information content (AvgIpc) is 3.46. The monoisotopic (exact) mass is 425 g/mol. The van der Waals surface area contributed by atoms with Gasteiger partial charge in [0.25, 0.3) is 0 Å². The van der Waals surface area contributed by atoms with Gasteiger partial charge in [0.2, 0.25) is 5.91 Å². The molecule has 0 saturated carbocycles. The molecule has 5 aliphatic heterocycles. The maximum atomic E-state index is 12.9. The number of ether oxygens (including phenoxy) is 2. The number of carbonyl (C=O) groups excluding carboxylic acids is 2. The van der Waals surface area contributed by atoms with Gasteiger partial charge in [0.15, 0.2) is 0 Å². The van der Waals surface area contributed by atoms with Crippen molar-refractivity contribution >= 4 is 17.7 Å². The second-order valence-electron chi connectivity index (χ2n) is 9.90. The van der Waals surface area contributed by atoms with Crippen molar-refractivity contribution in [3.63, 3.8) is 0 Å². The molecule has 1 aromatic carbocycles. The zero-order chi connectivity index (χ0) is 21.0. The number of benzene rings is 1. The molecule has 2 bridgehead atoms. The number of nitrogens with zero attached hydrogens (tertiary/aromatic N) is 2. The Morgan fingerprint density at radius 3 is 2.52 bits per heavy atom. The van der Waals surface area contributed by atoms with Crippen molar-refractivity contribution in [1.29, 1.82) is 0 Å². The van der Waals surface area contributed by atoms with Crippen molar-refractivity contribution in [2.24, 2.45) is 0 Å². The Labute approximate surface area is 183 Å². The Morgan fingerprint density at radius 2 is 1.81 bits per heavy atom. The molecular formula is C24H31N3O4. The number of amides is 2. The van der Waals surface area contributed by atoms with Crippen molar-refractivity contribution in [2.45, 2.75) is 74.6 Å². The minimum absolute atomic E-state index is 0.0802. The van der Waals surface area contributed by atoms with Crippen LogP contribution in [0.15, 0.2) is 24.3 Å². The summed E-state index contributed by atoms with van der Waals surface area (Å²) in [5.74, 6) is 0.168. The summed E-state index contributed by atoms with van der Waals surface area (Å²) in [4.78, 5) is 30.3. The first-order valence-electron chi connectivity index (χ1n) is 11.9. The highest BCUT2D eigenvalue weighted by Gasteiger charge is 2.51. The summed E-state index contributed by atoms with van der Waals surface area (Å²) in [6.07, 6.45) is 6.51. The highest BCUT2D eigenvalue weighted by Crippen LogP contribution is 2.46. The predicted octanol–water partition coefficient (Wildman–Crippen LogP) is 2.89. The first kappa shape index (κ1) is 19.6. The van der Waals surface area contributed by atoms with Crippen molar-refractivity contribution in [2.75, 3.05) is 31.6 Å². The summed E-state index contributed by atoms with van der Waals surface area (Å²) in [5.41, 5.74) is 1.80. The third kappa shape index (κ3) is 3.16. The number of hydrogen-bond acceptors (Lipinski definition) is 5. The number of nitrogens with one attached hydrogen (secondary N) is 1. The lowest BCUT2D eigenvalue weighted by molar-refractivity contribution is -0.123. The molecule has 166 valence electrons. The molecule has 1 N–H and O–H groups in total. The Morgan fingerprint density at radius 1 is 1.06 bits per heavy atom. The number of hydrogen-bond donors (Lipinski definition) is 1. The van der Waals surface area contributed by atoms with Gasteiger partial charge in [-0.1, -0.05) is 18.2 Å². The van der Waals surface area contributed by atoms with E-state index in [9.17, 15) is 9.59 Å². The maximum absolute atomic E-state index is 12.9. The van der Waals surface area contributed by atoms with Gasteiger partial charge in [0.05, 0.1) is 18.6 Å². The Kier molecular flexibility index (Phi) is 4.72. The van der Waals surface area contributed by atoms with Gasteiger partial charge in [0, 0.05) is 30.2 Å². The van der Waals surface area contributed by atoms with Crippen LogP contribution in [-0.2, 0) is 19.7 Å². The smallest absolute Gasteiger partial charge is 0.410 e. The normalized spacial score (nSPS) is 34.1. The molecule has 7 heteroatoms. The fraction of sp³-hybridized carbons (Fsp3) is 0.667. The largest absolute Gasteiger partial charge is 0.444 e. The standard InChI is InChI=1S/C24H31N3O4/c28-22-24(20-3-1-2-4-21(20)25-22)8-10-26(11-9-24)18-13-16-5-6-17(14-18)27(16)23(29)31-19-7-12-30-15-19/h1-4,16-19H,5-15H2,(H,25,28)/t16?,17?,18?,19-/m1/s1. The molecular weight excluding hydrogens is 394 g/mol. The molecule has 1 aromatic rings. The summed E-state index contributed by atoms with van der Waals surface area (Å²) in [6.45, 7) is 3.10. The second-order valence-corrected chi connectivity index (χ2v) is 9.90. The van der Waals surface area contributed by atoms with Crippen LogP contribution < -0.4 is 5.32 Å². The third-order valence-electron chi connectivity index (χ3n) is 8.37. The minimum atomic E-state index is -0.361. The molecule has 6 rings (SSSR count). The van der Waals surface area contributed by atoms with Gasteiger partial charge in [-0.3, -0.25) is 4.79 Å². The van der Waals surface area contributed by atoms with Crippen molar-refractivity contribution in [3.8, 4) is 0 Å². The van der Waals surface area contributed by atoms with Gasteiger partial charge in [-0.25, -0.2) is 4.79 Å². The van der Waals surface area contributed by atoms with Crippen LogP contribution in [0.25, 0.3) is 0 Å². The summed E-state index contributed by atoms with van der Waals surface area (Å²) in [5, 5.41) is 3.10. The molecule has 4 fully saturated rings. The molecule has 5 heterocycles. The van der Waals surface area contributed by atoms with E-state index < -0.39 is 0 Å². The molecule has 5 aliphatic rings. The van der Waals surface area contributed by atoms with Crippen LogP contribution in [-0.4, -0.2) is 72.3 Å². The van der Waals surface area contributed by atoms with E-state index in [-0.39, 0.29) is 35.6 Å². The van der Waals surface area contributed by atoms with Gasteiger partial charge in [-0.2, -0.15) is 0 Å². The Balaban J connectivity index is 1.10. The number of piperidine rings is 2. The van der Waals surface area contributed by atoms with E-state index in [1.54, 1.807) is 0 Å². The van der Waals surface area contributed by atoms with E-state index in [4.69, 9.17) is 9.47 Å². The third-order valence-corrected chi connectivity index (χ3v) is 8.37. The van der Waals surface area contributed by atoms with Gasteiger partial charge in [0.1, 0.15) is 6.10 Å². The van der Waals surface area contributed by atoms with E-state index >= 15 is 0 Å². The lowest BCUT2D eigenvalue weighted by atomic mass is 9.73. The Bertz CT molecular complexity index is 861. The van der Waals surface area contributed by atoms with Crippen molar-refractivity contribution in [3.05, 3.63) is 29.8 Å². The first-order valence-corrected chi connectivity index (χ1v) is 11.9. The lowest BCUT2D eigenvalue weighted by Gasteiger charge is -2.46. The molecule has 0 radical (unpaired) electrons. The van der Waals surface area contributed by atoms with Gasteiger partial charge in [-0.15, -0.1) is 0 Å². The molecule has 7 nitrogen and oxygen atoms in total. The van der Waals surface area contributed by atoms with Crippen molar-refractivity contribution in [1.82, 2.24) is 9.80 Å². The van der Waals surface area contributed by atoms with E-state index in [0.717, 1.165) is 63.7 Å². The predicted molar refractivity (Wildman–Crippen MR) is 115 cm³/mol. The number of fused-ring (bicyclic) bond motifs is 4. The number of para-hydroxylation sites is 1. The molecule has 1 spiro atoms. The second kappa shape index (κ2) is 7.48. The van der Waals surface area contributed by atoms with Crippen LogP contribution in [0.1, 0.15) is 50.5 Å². The van der Waals surface area contributed by atoms with Crippen LogP contribution >= 0.6 is 0 Å². The fourth-order valence-electron chi connectivity index (χ4n) is 6.69. The average molecular weight is 426 g/mol. The topological polar surface area (TPSA) is 71.1 Å². The Hall–Kier alpha value is -2.12. The summed E-state index contributed by atoms with van der Waals surface area (Å²) in [7, 11) is 0. The SMILES string of the molecule is O=C(O[C@@H]1CCOC1)N1C2CCC1CC(N1CCC3(CC1)C(=O)Nc1ccccc13)C2. The number of likely N-dealkylation sites (tertiary alicyclic amines) is 1. The molecule has 0 aliphatic carbocycles. The zero-order valence-electron chi connectivity index (χ0n) is 17.9. The van der Waals surface area contributed by atoms with Gasteiger partial charge in [-0.05, 0) is 63.2 Å². The molecule has 3 atom stereocenters. The molecule has 2 unspecified atom stereocenters. The molecule has 2 amide bonds. The van der Waals surface area contributed by atoms with E-state index in [1.807, 2.05) is 23.1 Å². The molecule has 4 saturated heterocycles.